The fourth-order valence-corrected chi connectivity index (χ4v) is 3.04. The lowest BCUT2D eigenvalue weighted by molar-refractivity contribution is 0.310. The Morgan fingerprint density at radius 1 is 1.07 bits per heavy atom. The predicted molar refractivity (Wildman–Crippen MR) is 96.2 cm³/mol. The lowest BCUT2D eigenvalue weighted by Crippen LogP contribution is -2.04. The smallest absolute Gasteiger partial charge is 0.204 e. The molecule has 0 aliphatic heterocycles. The van der Waals surface area contributed by atoms with E-state index in [0.29, 0.717) is 23.9 Å². The summed E-state index contributed by atoms with van der Waals surface area (Å²) in [6, 6.07) is 15.7. The Morgan fingerprint density at radius 3 is 2.81 bits per heavy atom. The minimum absolute atomic E-state index is 0.201. The third kappa shape index (κ3) is 2.59. The van der Waals surface area contributed by atoms with E-state index in [2.05, 4.69) is 35.9 Å². The van der Waals surface area contributed by atoms with E-state index >= 15 is 0 Å². The van der Waals surface area contributed by atoms with Gasteiger partial charge in [-0.15, -0.1) is 10.2 Å². The summed E-state index contributed by atoms with van der Waals surface area (Å²) in [5, 5.41) is 21.7. The zero-order valence-corrected chi connectivity index (χ0v) is 13.9. The van der Waals surface area contributed by atoms with Crippen LogP contribution in [0, 0.1) is 0 Å². The third-order valence-electron chi connectivity index (χ3n) is 4.25. The zero-order chi connectivity index (χ0) is 18.2. The second kappa shape index (κ2) is 6.02. The number of tetrazole rings is 1. The Labute approximate surface area is 152 Å². The van der Waals surface area contributed by atoms with Gasteiger partial charge in [0.25, 0.3) is 0 Å². The van der Waals surface area contributed by atoms with Crippen LogP contribution in [-0.4, -0.2) is 40.5 Å². The number of nitrogens with one attached hydrogen (secondary N) is 1. The summed E-state index contributed by atoms with van der Waals surface area (Å²) in [4.78, 5) is 4.67. The topological polar surface area (TPSA) is 137 Å². The number of hydrogen-bond donors (Lipinski definition) is 2. The molecule has 0 bridgehead atoms. The average Bonchev–Trinajstić information content (AvgIpc) is 3.43. The number of para-hydroxylation sites is 2. The molecule has 0 saturated heterocycles. The summed E-state index contributed by atoms with van der Waals surface area (Å²) >= 11 is 0. The summed E-state index contributed by atoms with van der Waals surface area (Å²) in [5.41, 5.74) is 10.0. The van der Waals surface area contributed by atoms with Crippen molar-refractivity contribution in [2.45, 2.75) is 6.54 Å². The molecule has 0 spiro atoms. The molecule has 3 heterocycles. The maximum Gasteiger partial charge on any atom is 0.204 e. The maximum atomic E-state index is 5.90. The third-order valence-corrected chi connectivity index (χ3v) is 4.25. The number of H-pyrrole nitrogens is 1. The van der Waals surface area contributed by atoms with Crippen molar-refractivity contribution in [2.24, 2.45) is 0 Å². The van der Waals surface area contributed by atoms with Gasteiger partial charge in [-0.25, -0.2) is 9.61 Å². The van der Waals surface area contributed by atoms with Gasteiger partial charge in [0.15, 0.2) is 17.3 Å². The molecular formula is C17H13N9O. The van der Waals surface area contributed by atoms with Gasteiger partial charge in [-0.2, -0.15) is 5.21 Å². The van der Waals surface area contributed by atoms with Gasteiger partial charge in [0.2, 0.25) is 5.82 Å². The van der Waals surface area contributed by atoms with E-state index < -0.39 is 0 Å². The van der Waals surface area contributed by atoms with Crippen LogP contribution in [0.4, 0.5) is 5.82 Å². The summed E-state index contributed by atoms with van der Waals surface area (Å²) in [5.74, 6) is 1.34. The molecule has 5 rings (SSSR count). The number of hydrogen-bond acceptors (Lipinski definition) is 8. The van der Waals surface area contributed by atoms with Gasteiger partial charge in [0, 0.05) is 12.1 Å². The number of imidazole rings is 1. The SMILES string of the molecule is Nc1nonc1-c1nc2ccccc2n1Cc1cccc(-c2nn[nH]n2)c1. The fourth-order valence-electron chi connectivity index (χ4n) is 3.04. The quantitative estimate of drug-likeness (QED) is 0.496. The van der Waals surface area contributed by atoms with E-state index in [-0.39, 0.29) is 5.82 Å². The first-order chi connectivity index (χ1) is 13.3. The minimum Gasteiger partial charge on any atom is -0.379 e. The van der Waals surface area contributed by atoms with Crippen LogP contribution in [-0.2, 0) is 6.54 Å². The number of nitrogens with zero attached hydrogens (tertiary/aromatic N) is 7. The number of anilines is 1. The van der Waals surface area contributed by atoms with Gasteiger partial charge in [-0.3, -0.25) is 0 Å². The molecule has 132 valence electrons. The molecule has 0 fully saturated rings. The minimum atomic E-state index is 0.201. The average molecular weight is 359 g/mol. The van der Waals surface area contributed by atoms with Gasteiger partial charge >= 0.3 is 0 Å². The van der Waals surface area contributed by atoms with Crippen LogP contribution in [0.1, 0.15) is 5.56 Å². The zero-order valence-electron chi connectivity index (χ0n) is 13.9. The normalized spacial score (nSPS) is 11.3. The van der Waals surface area contributed by atoms with E-state index in [4.69, 9.17) is 10.4 Å². The monoisotopic (exact) mass is 359 g/mol. The molecule has 0 aliphatic rings. The summed E-state index contributed by atoms with van der Waals surface area (Å²) in [6.07, 6.45) is 0. The molecule has 27 heavy (non-hydrogen) atoms. The van der Waals surface area contributed by atoms with E-state index in [0.717, 1.165) is 22.2 Å². The molecule has 10 nitrogen and oxygen atoms in total. The molecule has 0 saturated carbocycles. The van der Waals surface area contributed by atoms with Crippen molar-refractivity contribution >= 4 is 16.9 Å². The molecular weight excluding hydrogens is 346 g/mol. The van der Waals surface area contributed by atoms with E-state index in [1.165, 1.54) is 0 Å². The van der Waals surface area contributed by atoms with Gasteiger partial charge in [-0.1, -0.05) is 30.3 Å². The molecule has 3 N–H and O–H groups in total. The Hall–Kier alpha value is -4.08. The largest absolute Gasteiger partial charge is 0.379 e. The first-order valence-corrected chi connectivity index (χ1v) is 8.16. The van der Waals surface area contributed by atoms with E-state index in [9.17, 15) is 0 Å². The van der Waals surface area contributed by atoms with Crippen molar-refractivity contribution in [3.05, 3.63) is 54.1 Å². The van der Waals surface area contributed by atoms with Crippen LogP contribution in [0.3, 0.4) is 0 Å². The first kappa shape index (κ1) is 15.2. The summed E-state index contributed by atoms with van der Waals surface area (Å²) in [6.45, 7) is 0.549. The summed E-state index contributed by atoms with van der Waals surface area (Å²) in [7, 11) is 0. The number of rotatable bonds is 4. The highest BCUT2D eigenvalue weighted by atomic mass is 16.6. The Balaban J connectivity index is 1.63. The van der Waals surface area contributed by atoms with E-state index in [1.54, 1.807) is 0 Å². The molecule has 0 amide bonds. The number of aromatic amines is 1. The molecule has 5 aromatic rings. The van der Waals surface area contributed by atoms with Crippen molar-refractivity contribution in [1.29, 1.82) is 0 Å². The number of aromatic nitrogens is 8. The van der Waals surface area contributed by atoms with Gasteiger partial charge < -0.3 is 10.3 Å². The van der Waals surface area contributed by atoms with Crippen molar-refractivity contribution in [1.82, 2.24) is 40.5 Å². The highest BCUT2D eigenvalue weighted by molar-refractivity contribution is 5.81. The maximum absolute atomic E-state index is 5.90. The molecule has 0 aliphatic carbocycles. The van der Waals surface area contributed by atoms with Gasteiger partial charge in [0.05, 0.1) is 11.0 Å². The first-order valence-electron chi connectivity index (χ1n) is 8.16. The molecule has 10 heteroatoms. The molecule has 3 aromatic heterocycles. The van der Waals surface area contributed by atoms with Crippen molar-refractivity contribution < 1.29 is 4.63 Å². The van der Waals surface area contributed by atoms with Crippen molar-refractivity contribution in [3.8, 4) is 22.9 Å². The lowest BCUT2D eigenvalue weighted by Gasteiger charge is -2.09. The van der Waals surface area contributed by atoms with Gasteiger partial charge in [0.1, 0.15) is 0 Å². The second-order valence-electron chi connectivity index (χ2n) is 5.94. The molecule has 0 atom stereocenters. The second-order valence-corrected chi connectivity index (χ2v) is 5.94. The Bertz CT molecular complexity index is 1220. The molecule has 0 radical (unpaired) electrons. The van der Waals surface area contributed by atoms with Crippen LogP contribution >= 0.6 is 0 Å². The molecule has 0 unspecified atom stereocenters. The Kier molecular flexibility index (Phi) is 3.39. The van der Waals surface area contributed by atoms with Crippen LogP contribution in [0.2, 0.25) is 0 Å². The predicted octanol–water partition coefficient (Wildman–Crippen LogP) is 1.90. The van der Waals surface area contributed by atoms with Crippen LogP contribution < -0.4 is 5.73 Å². The van der Waals surface area contributed by atoms with Crippen molar-refractivity contribution in [2.75, 3.05) is 5.73 Å². The number of benzene rings is 2. The summed E-state index contributed by atoms with van der Waals surface area (Å²) < 4.78 is 6.79. The fraction of sp³-hybridized carbons (Fsp3) is 0.0588. The number of nitrogen functional groups attached to an aromatic ring is 1. The standard InChI is InChI=1S/C17H13N9O/c18-15-14(22-27-23-15)17-19-12-6-1-2-7-13(12)26(17)9-10-4-3-5-11(8-10)16-20-24-25-21-16/h1-8H,9H2,(H2,18,23)(H,20,21,24,25). The van der Waals surface area contributed by atoms with Crippen LogP contribution in [0.15, 0.2) is 53.2 Å². The van der Waals surface area contributed by atoms with Crippen LogP contribution in [0.25, 0.3) is 33.9 Å². The highest BCUT2D eigenvalue weighted by Crippen LogP contribution is 2.28. The number of nitrogens with two attached hydrogens (primary N) is 1. The van der Waals surface area contributed by atoms with Crippen LogP contribution in [0.5, 0.6) is 0 Å². The van der Waals surface area contributed by atoms with Crippen molar-refractivity contribution in [3.63, 3.8) is 0 Å². The number of fused-ring (bicyclic) bond motifs is 1. The lowest BCUT2D eigenvalue weighted by atomic mass is 10.1. The highest BCUT2D eigenvalue weighted by Gasteiger charge is 2.19. The molecule has 2 aromatic carbocycles. The Morgan fingerprint density at radius 2 is 2.00 bits per heavy atom. The van der Waals surface area contributed by atoms with Gasteiger partial charge in [-0.05, 0) is 39.3 Å². The van der Waals surface area contributed by atoms with E-state index in [1.807, 2.05) is 53.1 Å².